The first-order valence-electron chi connectivity index (χ1n) is 7.63. The number of aliphatic carboxylic acids is 1. The maximum Gasteiger partial charge on any atom is 0.309 e. The van der Waals surface area contributed by atoms with Crippen LogP contribution >= 0.6 is 0 Å². The number of rotatable bonds is 6. The predicted molar refractivity (Wildman–Crippen MR) is 87.0 cm³/mol. The number of nitrogens with one attached hydrogen (secondary N) is 1. The van der Waals surface area contributed by atoms with Gasteiger partial charge in [0.2, 0.25) is 0 Å². The summed E-state index contributed by atoms with van der Waals surface area (Å²) in [7, 11) is 0. The van der Waals surface area contributed by atoms with Crippen molar-refractivity contribution in [2.45, 2.75) is 46.5 Å². The Labute approximate surface area is 131 Å². The number of imidazole rings is 1. The molecule has 2 N–H and O–H groups in total. The standard InChI is InChI=1S/C18H24N2O2/c1-12-14(8-9-18(3,4)17(21)22)6-5-7-15(12)13(2)16-10-19-11-20-16/h5-7,10-11,13H,8-9H2,1-4H3,(H,19,20)(H,21,22)/t13-/m0/s1. The summed E-state index contributed by atoms with van der Waals surface area (Å²) in [4.78, 5) is 18.5. The minimum absolute atomic E-state index is 0.245. The van der Waals surface area contributed by atoms with Crippen LogP contribution in [0.5, 0.6) is 0 Å². The summed E-state index contributed by atoms with van der Waals surface area (Å²) in [5, 5.41) is 9.25. The van der Waals surface area contributed by atoms with Crippen molar-refractivity contribution < 1.29 is 9.90 Å². The normalized spacial score (nSPS) is 13.1. The highest BCUT2D eigenvalue weighted by molar-refractivity contribution is 5.73. The van der Waals surface area contributed by atoms with Crippen LogP contribution in [0.1, 0.15) is 55.5 Å². The van der Waals surface area contributed by atoms with Crippen LogP contribution in [0.3, 0.4) is 0 Å². The molecule has 0 aliphatic heterocycles. The molecule has 22 heavy (non-hydrogen) atoms. The Kier molecular flexibility index (Phi) is 4.69. The van der Waals surface area contributed by atoms with Crippen LogP contribution in [0.25, 0.3) is 0 Å². The molecule has 2 aromatic rings. The molecule has 0 saturated heterocycles. The molecule has 0 saturated carbocycles. The first-order valence-corrected chi connectivity index (χ1v) is 7.63. The third-order valence-corrected chi connectivity index (χ3v) is 4.54. The Morgan fingerprint density at radius 2 is 2.14 bits per heavy atom. The van der Waals surface area contributed by atoms with Gasteiger partial charge in [-0.15, -0.1) is 0 Å². The Morgan fingerprint density at radius 3 is 2.73 bits per heavy atom. The number of hydrogen-bond acceptors (Lipinski definition) is 2. The fourth-order valence-corrected chi connectivity index (χ4v) is 2.67. The zero-order valence-corrected chi connectivity index (χ0v) is 13.7. The number of carboxylic acid groups (broad SMARTS) is 1. The molecule has 0 fully saturated rings. The van der Waals surface area contributed by atoms with Gasteiger partial charge in [-0.2, -0.15) is 0 Å². The summed E-state index contributed by atoms with van der Waals surface area (Å²) < 4.78 is 0. The second kappa shape index (κ2) is 6.34. The summed E-state index contributed by atoms with van der Waals surface area (Å²) in [5.74, 6) is -0.498. The number of H-pyrrole nitrogens is 1. The zero-order valence-electron chi connectivity index (χ0n) is 13.7. The number of aryl methyl sites for hydroxylation is 1. The number of aromatic nitrogens is 2. The minimum atomic E-state index is -0.743. The summed E-state index contributed by atoms with van der Waals surface area (Å²) in [6.45, 7) is 7.83. The number of nitrogens with zero attached hydrogens (tertiary/aromatic N) is 1. The van der Waals surface area contributed by atoms with Gasteiger partial charge in [0.25, 0.3) is 0 Å². The molecule has 0 unspecified atom stereocenters. The van der Waals surface area contributed by atoms with Gasteiger partial charge in [0.05, 0.1) is 11.7 Å². The molecule has 0 aliphatic carbocycles. The van der Waals surface area contributed by atoms with Crippen LogP contribution < -0.4 is 0 Å². The number of carboxylic acids is 1. The van der Waals surface area contributed by atoms with E-state index in [0.717, 1.165) is 12.1 Å². The Morgan fingerprint density at radius 1 is 1.41 bits per heavy atom. The molecule has 4 heteroatoms. The van der Waals surface area contributed by atoms with E-state index < -0.39 is 11.4 Å². The van der Waals surface area contributed by atoms with Crippen LogP contribution in [0.15, 0.2) is 30.7 Å². The van der Waals surface area contributed by atoms with Crippen LogP contribution in [0.4, 0.5) is 0 Å². The number of carbonyl (C=O) groups is 1. The monoisotopic (exact) mass is 300 g/mol. The molecule has 2 rings (SSSR count). The molecular weight excluding hydrogens is 276 g/mol. The van der Waals surface area contributed by atoms with Gasteiger partial charge in [0, 0.05) is 17.8 Å². The quantitative estimate of drug-likeness (QED) is 0.850. The molecular formula is C18H24N2O2. The molecule has 1 aromatic heterocycles. The van der Waals surface area contributed by atoms with E-state index in [1.165, 1.54) is 16.7 Å². The average Bonchev–Trinajstić information content (AvgIpc) is 2.99. The zero-order chi connectivity index (χ0) is 16.3. The first-order chi connectivity index (χ1) is 10.3. The lowest BCUT2D eigenvalue weighted by atomic mass is 9.84. The molecule has 0 aliphatic rings. The van der Waals surface area contributed by atoms with Crippen LogP contribution in [-0.4, -0.2) is 21.0 Å². The topological polar surface area (TPSA) is 66.0 Å². The molecule has 4 nitrogen and oxygen atoms in total. The van der Waals surface area contributed by atoms with Gasteiger partial charge < -0.3 is 10.1 Å². The van der Waals surface area contributed by atoms with E-state index in [2.05, 4.69) is 42.0 Å². The molecule has 1 atom stereocenters. The highest BCUT2D eigenvalue weighted by Gasteiger charge is 2.27. The largest absolute Gasteiger partial charge is 0.481 e. The lowest BCUT2D eigenvalue weighted by Crippen LogP contribution is -2.24. The third-order valence-electron chi connectivity index (χ3n) is 4.54. The third kappa shape index (κ3) is 3.38. The fourth-order valence-electron chi connectivity index (χ4n) is 2.67. The van der Waals surface area contributed by atoms with Crippen LogP contribution in [-0.2, 0) is 11.2 Å². The average molecular weight is 300 g/mol. The predicted octanol–water partition coefficient (Wildman–Crippen LogP) is 3.91. The van der Waals surface area contributed by atoms with Crippen molar-refractivity contribution in [2.75, 3.05) is 0 Å². The lowest BCUT2D eigenvalue weighted by molar-refractivity contribution is -0.147. The van der Waals surface area contributed by atoms with E-state index in [9.17, 15) is 9.90 Å². The molecule has 0 radical (unpaired) electrons. The van der Waals surface area contributed by atoms with Crippen molar-refractivity contribution >= 4 is 5.97 Å². The molecule has 0 amide bonds. The Balaban J connectivity index is 2.21. The van der Waals surface area contributed by atoms with Crippen LogP contribution in [0, 0.1) is 12.3 Å². The number of benzene rings is 1. The van der Waals surface area contributed by atoms with Gasteiger partial charge in [0.1, 0.15) is 0 Å². The van der Waals surface area contributed by atoms with E-state index in [4.69, 9.17) is 0 Å². The second-order valence-corrected chi connectivity index (χ2v) is 6.55. The molecule has 0 bridgehead atoms. The highest BCUT2D eigenvalue weighted by Crippen LogP contribution is 2.29. The SMILES string of the molecule is Cc1c(CCC(C)(C)C(=O)O)cccc1[C@H](C)c1cnc[nH]1. The number of hydrogen-bond donors (Lipinski definition) is 2. The van der Waals surface area contributed by atoms with Crippen molar-refractivity contribution in [2.24, 2.45) is 5.41 Å². The van der Waals surface area contributed by atoms with Crippen molar-refractivity contribution in [1.82, 2.24) is 9.97 Å². The highest BCUT2D eigenvalue weighted by atomic mass is 16.4. The van der Waals surface area contributed by atoms with Gasteiger partial charge in [-0.05, 0) is 50.3 Å². The van der Waals surface area contributed by atoms with Gasteiger partial charge in [-0.25, -0.2) is 4.98 Å². The summed E-state index contributed by atoms with van der Waals surface area (Å²) >= 11 is 0. The lowest BCUT2D eigenvalue weighted by Gasteiger charge is -2.21. The Hall–Kier alpha value is -2.10. The summed E-state index contributed by atoms with van der Waals surface area (Å²) in [5.41, 5.74) is 4.11. The molecule has 0 spiro atoms. The van der Waals surface area contributed by atoms with Gasteiger partial charge in [0.15, 0.2) is 0 Å². The van der Waals surface area contributed by atoms with Crippen molar-refractivity contribution in [1.29, 1.82) is 0 Å². The summed E-state index contributed by atoms with van der Waals surface area (Å²) in [6, 6.07) is 6.28. The second-order valence-electron chi connectivity index (χ2n) is 6.55. The van der Waals surface area contributed by atoms with E-state index in [-0.39, 0.29) is 5.92 Å². The van der Waals surface area contributed by atoms with E-state index in [1.54, 1.807) is 20.2 Å². The fraction of sp³-hybridized carbons (Fsp3) is 0.444. The maximum atomic E-state index is 11.2. The molecule has 1 aromatic carbocycles. The van der Waals surface area contributed by atoms with E-state index in [1.807, 2.05) is 6.20 Å². The van der Waals surface area contributed by atoms with Crippen molar-refractivity contribution in [3.8, 4) is 0 Å². The molecule has 118 valence electrons. The maximum absolute atomic E-state index is 11.2. The first kappa shape index (κ1) is 16.3. The summed E-state index contributed by atoms with van der Waals surface area (Å²) in [6.07, 6.45) is 4.95. The van der Waals surface area contributed by atoms with E-state index >= 15 is 0 Å². The number of aromatic amines is 1. The van der Waals surface area contributed by atoms with Crippen LogP contribution in [0.2, 0.25) is 0 Å². The Bertz CT molecular complexity index is 645. The van der Waals surface area contributed by atoms with E-state index in [0.29, 0.717) is 6.42 Å². The van der Waals surface area contributed by atoms with Gasteiger partial charge in [-0.3, -0.25) is 4.79 Å². The van der Waals surface area contributed by atoms with Crippen molar-refractivity contribution in [3.63, 3.8) is 0 Å². The molecule has 1 heterocycles. The smallest absolute Gasteiger partial charge is 0.309 e. The van der Waals surface area contributed by atoms with Gasteiger partial charge >= 0.3 is 5.97 Å². The van der Waals surface area contributed by atoms with Crippen molar-refractivity contribution in [3.05, 3.63) is 53.1 Å². The minimum Gasteiger partial charge on any atom is -0.481 e. The van der Waals surface area contributed by atoms with Gasteiger partial charge in [-0.1, -0.05) is 25.1 Å².